The van der Waals surface area contributed by atoms with Gasteiger partial charge in [0.05, 0.1) is 18.8 Å². The molecule has 22 heavy (non-hydrogen) atoms. The first-order chi connectivity index (χ1) is 10.7. The van der Waals surface area contributed by atoms with Crippen molar-refractivity contribution >= 4 is 12.0 Å². The van der Waals surface area contributed by atoms with Crippen molar-refractivity contribution in [2.24, 2.45) is 0 Å². The number of aryl methyl sites for hydroxylation is 1. The average molecular weight is 305 g/mol. The van der Waals surface area contributed by atoms with E-state index in [4.69, 9.17) is 13.9 Å². The van der Waals surface area contributed by atoms with Crippen molar-refractivity contribution in [1.29, 1.82) is 0 Å². The maximum atomic E-state index is 12.2. The van der Waals surface area contributed by atoms with Crippen LogP contribution in [0.1, 0.15) is 30.8 Å². The van der Waals surface area contributed by atoms with E-state index in [9.17, 15) is 4.79 Å². The van der Waals surface area contributed by atoms with Crippen molar-refractivity contribution < 1.29 is 18.7 Å². The zero-order valence-corrected chi connectivity index (χ0v) is 13.0. The van der Waals surface area contributed by atoms with E-state index in [0.29, 0.717) is 12.4 Å². The first-order valence-corrected chi connectivity index (χ1v) is 7.97. The topological polar surface area (TPSA) is 51.9 Å². The molecule has 0 N–H and O–H groups in total. The summed E-state index contributed by atoms with van der Waals surface area (Å²) >= 11 is 0. The SMILES string of the molecule is Cc1ccc(/C=C/C(=O)N2CCC(O[C@@H]3CCOC3)CC2)o1. The van der Waals surface area contributed by atoms with Crippen LogP contribution in [0.4, 0.5) is 0 Å². The summed E-state index contributed by atoms with van der Waals surface area (Å²) < 4.78 is 16.8. The maximum Gasteiger partial charge on any atom is 0.246 e. The summed E-state index contributed by atoms with van der Waals surface area (Å²) in [5.74, 6) is 1.60. The lowest BCUT2D eigenvalue weighted by molar-refractivity contribution is -0.129. The van der Waals surface area contributed by atoms with Crippen molar-refractivity contribution in [1.82, 2.24) is 4.90 Å². The fraction of sp³-hybridized carbons (Fsp3) is 0.588. The van der Waals surface area contributed by atoms with Gasteiger partial charge in [-0.3, -0.25) is 4.79 Å². The molecule has 3 heterocycles. The molecule has 2 aliphatic rings. The third-order valence-electron chi connectivity index (χ3n) is 4.18. The monoisotopic (exact) mass is 305 g/mol. The quantitative estimate of drug-likeness (QED) is 0.802. The van der Waals surface area contributed by atoms with Crippen LogP contribution in [0, 0.1) is 6.92 Å². The molecule has 0 unspecified atom stereocenters. The molecule has 2 aliphatic heterocycles. The second kappa shape index (κ2) is 7.11. The minimum atomic E-state index is 0.0386. The van der Waals surface area contributed by atoms with Crippen LogP contribution in [-0.4, -0.2) is 49.3 Å². The van der Waals surface area contributed by atoms with Gasteiger partial charge in [0, 0.05) is 25.8 Å². The largest absolute Gasteiger partial charge is 0.462 e. The molecule has 1 aromatic heterocycles. The molecular formula is C17H23NO4. The lowest BCUT2D eigenvalue weighted by Gasteiger charge is -2.32. The summed E-state index contributed by atoms with van der Waals surface area (Å²) in [6.45, 7) is 4.90. The van der Waals surface area contributed by atoms with Crippen LogP contribution in [0.25, 0.3) is 6.08 Å². The highest BCUT2D eigenvalue weighted by atomic mass is 16.5. The maximum absolute atomic E-state index is 12.2. The number of piperidine rings is 1. The lowest BCUT2D eigenvalue weighted by Crippen LogP contribution is -2.41. The van der Waals surface area contributed by atoms with Crippen LogP contribution < -0.4 is 0 Å². The molecule has 3 rings (SSSR count). The van der Waals surface area contributed by atoms with E-state index in [-0.39, 0.29) is 18.1 Å². The molecule has 1 atom stereocenters. The van der Waals surface area contributed by atoms with Crippen LogP contribution in [0.2, 0.25) is 0 Å². The Labute approximate surface area is 130 Å². The van der Waals surface area contributed by atoms with Crippen LogP contribution in [0.15, 0.2) is 22.6 Å². The molecule has 1 aromatic rings. The summed E-state index contributed by atoms with van der Waals surface area (Å²) in [6.07, 6.45) is 6.61. The first-order valence-electron chi connectivity index (χ1n) is 7.97. The summed E-state index contributed by atoms with van der Waals surface area (Å²) in [4.78, 5) is 14.0. The van der Waals surface area contributed by atoms with Crippen LogP contribution in [-0.2, 0) is 14.3 Å². The Hall–Kier alpha value is -1.59. The minimum absolute atomic E-state index is 0.0386. The molecule has 5 heteroatoms. The van der Waals surface area contributed by atoms with Crippen molar-refractivity contribution in [2.45, 2.75) is 38.4 Å². The van der Waals surface area contributed by atoms with Gasteiger partial charge in [0.2, 0.25) is 5.91 Å². The number of furan rings is 1. The van der Waals surface area contributed by atoms with E-state index in [1.54, 1.807) is 12.2 Å². The fourth-order valence-corrected chi connectivity index (χ4v) is 2.91. The molecule has 0 spiro atoms. The van der Waals surface area contributed by atoms with Gasteiger partial charge in [-0.25, -0.2) is 0 Å². The van der Waals surface area contributed by atoms with Crippen LogP contribution in [0.3, 0.4) is 0 Å². The highest BCUT2D eigenvalue weighted by Crippen LogP contribution is 2.19. The number of carbonyl (C=O) groups excluding carboxylic acids is 1. The summed E-state index contributed by atoms with van der Waals surface area (Å²) in [5.41, 5.74) is 0. The Kier molecular flexibility index (Phi) is 4.95. The van der Waals surface area contributed by atoms with Crippen molar-refractivity contribution in [2.75, 3.05) is 26.3 Å². The van der Waals surface area contributed by atoms with E-state index in [0.717, 1.165) is 44.7 Å². The molecule has 5 nitrogen and oxygen atoms in total. The predicted molar refractivity (Wildman–Crippen MR) is 82.4 cm³/mol. The molecule has 0 aromatic carbocycles. The first kappa shape index (κ1) is 15.3. The standard InChI is InChI=1S/C17H23NO4/c1-13-2-3-14(21-13)4-5-17(19)18-9-6-15(7-10-18)22-16-8-11-20-12-16/h2-5,15-16H,6-12H2,1H3/b5-4+/t16-/m1/s1. The number of rotatable bonds is 4. The average Bonchev–Trinajstić information content (AvgIpc) is 3.17. The zero-order valence-electron chi connectivity index (χ0n) is 13.0. The Balaban J connectivity index is 1.44. The number of nitrogens with zero attached hydrogens (tertiary/aromatic N) is 1. The van der Waals surface area contributed by atoms with E-state index in [2.05, 4.69) is 0 Å². The van der Waals surface area contributed by atoms with Crippen molar-refractivity contribution in [3.05, 3.63) is 29.7 Å². The van der Waals surface area contributed by atoms with Gasteiger partial charge in [0.25, 0.3) is 0 Å². The van der Waals surface area contributed by atoms with E-state index in [1.807, 2.05) is 24.0 Å². The van der Waals surface area contributed by atoms with Gasteiger partial charge in [-0.05, 0) is 44.4 Å². The van der Waals surface area contributed by atoms with Crippen molar-refractivity contribution in [3.63, 3.8) is 0 Å². The van der Waals surface area contributed by atoms with Gasteiger partial charge in [0.15, 0.2) is 0 Å². The summed E-state index contributed by atoms with van der Waals surface area (Å²) in [7, 11) is 0. The van der Waals surface area contributed by atoms with Gasteiger partial charge < -0.3 is 18.8 Å². The van der Waals surface area contributed by atoms with Crippen molar-refractivity contribution in [3.8, 4) is 0 Å². The number of amides is 1. The number of ether oxygens (including phenoxy) is 2. The smallest absolute Gasteiger partial charge is 0.246 e. The molecule has 2 fully saturated rings. The number of hydrogen-bond donors (Lipinski definition) is 0. The summed E-state index contributed by atoms with van der Waals surface area (Å²) in [6, 6.07) is 3.75. The van der Waals surface area contributed by atoms with E-state index >= 15 is 0 Å². The molecule has 0 aliphatic carbocycles. The van der Waals surface area contributed by atoms with E-state index in [1.165, 1.54) is 0 Å². The van der Waals surface area contributed by atoms with E-state index < -0.39 is 0 Å². The molecule has 1 amide bonds. The molecule has 0 saturated carbocycles. The molecule has 2 saturated heterocycles. The zero-order chi connectivity index (χ0) is 15.4. The molecule has 120 valence electrons. The molecule has 0 radical (unpaired) electrons. The number of hydrogen-bond acceptors (Lipinski definition) is 4. The van der Waals surface area contributed by atoms with Gasteiger partial charge in [-0.15, -0.1) is 0 Å². The Bertz CT molecular complexity index is 523. The molecule has 0 bridgehead atoms. The van der Waals surface area contributed by atoms with Gasteiger partial charge >= 0.3 is 0 Å². The van der Waals surface area contributed by atoms with Crippen LogP contribution in [0.5, 0.6) is 0 Å². The second-order valence-electron chi connectivity index (χ2n) is 5.93. The van der Waals surface area contributed by atoms with Gasteiger partial charge in [-0.1, -0.05) is 0 Å². The minimum Gasteiger partial charge on any atom is -0.462 e. The Morgan fingerprint density at radius 1 is 1.27 bits per heavy atom. The lowest BCUT2D eigenvalue weighted by atomic mass is 10.1. The third-order valence-corrected chi connectivity index (χ3v) is 4.18. The fourth-order valence-electron chi connectivity index (χ4n) is 2.91. The van der Waals surface area contributed by atoms with Gasteiger partial charge in [-0.2, -0.15) is 0 Å². The number of carbonyl (C=O) groups is 1. The highest BCUT2D eigenvalue weighted by Gasteiger charge is 2.26. The molecular weight excluding hydrogens is 282 g/mol. The Morgan fingerprint density at radius 3 is 2.73 bits per heavy atom. The third kappa shape index (κ3) is 3.99. The second-order valence-corrected chi connectivity index (χ2v) is 5.93. The van der Waals surface area contributed by atoms with Gasteiger partial charge in [0.1, 0.15) is 11.5 Å². The normalized spacial score (nSPS) is 23.5. The summed E-state index contributed by atoms with van der Waals surface area (Å²) in [5, 5.41) is 0. The predicted octanol–water partition coefficient (Wildman–Crippen LogP) is 2.40. The van der Waals surface area contributed by atoms with Crippen LogP contribution >= 0.6 is 0 Å². The number of likely N-dealkylation sites (tertiary alicyclic amines) is 1. The Morgan fingerprint density at radius 2 is 2.09 bits per heavy atom. The highest BCUT2D eigenvalue weighted by molar-refractivity contribution is 5.91.